The summed E-state index contributed by atoms with van der Waals surface area (Å²) < 4.78 is 3.94. The minimum Gasteiger partial charge on any atom is -0.342 e. The third-order valence-corrected chi connectivity index (χ3v) is 6.38. The third kappa shape index (κ3) is 2.73. The highest BCUT2D eigenvalue weighted by molar-refractivity contribution is 5.95. The predicted molar refractivity (Wildman–Crippen MR) is 102 cm³/mol. The number of nitrogens with one attached hydrogen (secondary N) is 1. The molecule has 2 aromatic heterocycles. The molecule has 28 heavy (non-hydrogen) atoms. The number of hydrogen-bond donors (Lipinski definition) is 1. The summed E-state index contributed by atoms with van der Waals surface area (Å²) in [5.41, 5.74) is 1.21. The Hall–Kier alpha value is -2.64. The lowest BCUT2D eigenvalue weighted by atomic mass is 9.85. The van der Waals surface area contributed by atoms with Gasteiger partial charge in [0, 0.05) is 51.1 Å². The standard InChI is InChI=1S/C20H26N6O2/c1-3-25-10-15(13(2)23-25)19(28)22-16-9-20(26-7-6-21-18(16)26)11-24(12-20)17(27)8-14-4-5-14/h6-7,10,14,16H,3-5,8-9,11-12H2,1-2H3,(H,22,28). The maximum absolute atomic E-state index is 12.8. The Morgan fingerprint density at radius 2 is 2.11 bits per heavy atom. The first-order chi connectivity index (χ1) is 13.5. The van der Waals surface area contributed by atoms with Crippen LogP contribution in [0.2, 0.25) is 0 Å². The zero-order valence-corrected chi connectivity index (χ0v) is 16.4. The first kappa shape index (κ1) is 17.5. The molecule has 1 atom stereocenters. The number of imidazole rings is 1. The predicted octanol–water partition coefficient (Wildman–Crippen LogP) is 1.62. The summed E-state index contributed by atoms with van der Waals surface area (Å²) in [6, 6.07) is -0.146. The molecule has 8 nitrogen and oxygen atoms in total. The van der Waals surface area contributed by atoms with Crippen molar-refractivity contribution in [2.24, 2.45) is 5.92 Å². The van der Waals surface area contributed by atoms with Gasteiger partial charge in [-0.1, -0.05) is 0 Å². The molecule has 4 heterocycles. The summed E-state index contributed by atoms with van der Waals surface area (Å²) in [7, 11) is 0. The molecule has 1 spiro atoms. The Morgan fingerprint density at radius 3 is 2.79 bits per heavy atom. The van der Waals surface area contributed by atoms with Crippen molar-refractivity contribution in [3.63, 3.8) is 0 Å². The summed E-state index contributed by atoms with van der Waals surface area (Å²) in [5.74, 6) is 1.64. The van der Waals surface area contributed by atoms with Crippen LogP contribution in [0.5, 0.6) is 0 Å². The minimum atomic E-state index is -0.146. The molecule has 2 fully saturated rings. The van der Waals surface area contributed by atoms with E-state index < -0.39 is 0 Å². The zero-order valence-electron chi connectivity index (χ0n) is 16.4. The molecule has 2 amide bonds. The molecular weight excluding hydrogens is 356 g/mol. The van der Waals surface area contributed by atoms with E-state index in [0.29, 0.717) is 31.0 Å². The fraction of sp³-hybridized carbons (Fsp3) is 0.600. The van der Waals surface area contributed by atoms with Crippen LogP contribution in [0.25, 0.3) is 0 Å². The molecule has 2 aliphatic heterocycles. The number of amides is 2. The van der Waals surface area contributed by atoms with Crippen molar-refractivity contribution >= 4 is 11.8 Å². The molecule has 0 bridgehead atoms. The average molecular weight is 382 g/mol. The molecule has 1 aliphatic carbocycles. The smallest absolute Gasteiger partial charge is 0.255 e. The van der Waals surface area contributed by atoms with Crippen molar-refractivity contribution < 1.29 is 9.59 Å². The lowest BCUT2D eigenvalue weighted by Crippen LogP contribution is -2.63. The Labute approximate surface area is 163 Å². The third-order valence-electron chi connectivity index (χ3n) is 6.38. The summed E-state index contributed by atoms with van der Waals surface area (Å²) >= 11 is 0. The van der Waals surface area contributed by atoms with Gasteiger partial charge in [0.1, 0.15) is 5.82 Å². The van der Waals surface area contributed by atoms with Crippen molar-refractivity contribution in [1.82, 2.24) is 29.5 Å². The summed E-state index contributed by atoms with van der Waals surface area (Å²) in [6.07, 6.45) is 9.40. The number of aryl methyl sites for hydroxylation is 2. The highest BCUT2D eigenvalue weighted by Crippen LogP contribution is 2.45. The molecule has 8 heteroatoms. The monoisotopic (exact) mass is 382 g/mol. The SMILES string of the molecule is CCn1cc(C(=O)NC2CC3(CN(C(=O)CC4CC4)C3)n3ccnc32)c(C)n1. The summed E-state index contributed by atoms with van der Waals surface area (Å²) in [6.45, 7) is 6.00. The molecule has 1 N–H and O–H groups in total. The number of likely N-dealkylation sites (tertiary alicyclic amines) is 1. The van der Waals surface area contributed by atoms with Gasteiger partial charge in [-0.25, -0.2) is 4.98 Å². The van der Waals surface area contributed by atoms with Gasteiger partial charge < -0.3 is 14.8 Å². The Morgan fingerprint density at radius 1 is 1.32 bits per heavy atom. The second-order valence-corrected chi connectivity index (χ2v) is 8.49. The fourth-order valence-electron chi connectivity index (χ4n) is 4.62. The molecule has 0 aromatic carbocycles. The van der Waals surface area contributed by atoms with Gasteiger partial charge in [0.15, 0.2) is 0 Å². The van der Waals surface area contributed by atoms with Gasteiger partial charge in [0.25, 0.3) is 5.91 Å². The Bertz CT molecular complexity index is 934. The van der Waals surface area contributed by atoms with Crippen LogP contribution in [0.3, 0.4) is 0 Å². The molecule has 2 aromatic rings. The number of aromatic nitrogens is 4. The van der Waals surface area contributed by atoms with Gasteiger partial charge >= 0.3 is 0 Å². The van der Waals surface area contributed by atoms with Crippen LogP contribution in [0.15, 0.2) is 18.6 Å². The molecule has 1 saturated heterocycles. The van der Waals surface area contributed by atoms with E-state index in [1.807, 2.05) is 24.9 Å². The van der Waals surface area contributed by atoms with Crippen LogP contribution in [-0.2, 0) is 16.9 Å². The first-order valence-electron chi connectivity index (χ1n) is 10.2. The number of carbonyl (C=O) groups is 2. The van der Waals surface area contributed by atoms with Crippen LogP contribution >= 0.6 is 0 Å². The topological polar surface area (TPSA) is 85.0 Å². The van der Waals surface area contributed by atoms with Gasteiger partial charge in [0.05, 0.1) is 22.8 Å². The van der Waals surface area contributed by atoms with E-state index in [4.69, 9.17) is 0 Å². The molecular formula is C20H26N6O2. The maximum Gasteiger partial charge on any atom is 0.255 e. The van der Waals surface area contributed by atoms with Gasteiger partial charge in [0.2, 0.25) is 5.91 Å². The molecule has 5 rings (SSSR count). The lowest BCUT2D eigenvalue weighted by Gasteiger charge is -2.49. The van der Waals surface area contributed by atoms with E-state index in [9.17, 15) is 9.59 Å². The lowest BCUT2D eigenvalue weighted by molar-refractivity contribution is -0.142. The van der Waals surface area contributed by atoms with Crippen LogP contribution in [-0.4, -0.2) is 49.1 Å². The molecule has 3 aliphatic rings. The van der Waals surface area contributed by atoms with E-state index in [0.717, 1.165) is 24.5 Å². The number of nitrogens with zero attached hydrogens (tertiary/aromatic N) is 5. The zero-order chi connectivity index (χ0) is 19.5. The van der Waals surface area contributed by atoms with E-state index >= 15 is 0 Å². The normalized spacial score (nSPS) is 22.2. The quantitative estimate of drug-likeness (QED) is 0.852. The molecule has 1 unspecified atom stereocenters. The van der Waals surface area contributed by atoms with Crippen LogP contribution < -0.4 is 5.32 Å². The van der Waals surface area contributed by atoms with E-state index in [2.05, 4.69) is 20.0 Å². The van der Waals surface area contributed by atoms with Gasteiger partial charge in [-0.05, 0) is 32.6 Å². The van der Waals surface area contributed by atoms with Crippen LogP contribution in [0, 0.1) is 12.8 Å². The fourth-order valence-corrected chi connectivity index (χ4v) is 4.62. The first-order valence-corrected chi connectivity index (χ1v) is 10.2. The number of carbonyl (C=O) groups excluding carboxylic acids is 2. The van der Waals surface area contributed by atoms with Gasteiger partial charge in [-0.15, -0.1) is 0 Å². The number of hydrogen-bond acceptors (Lipinski definition) is 4. The van der Waals surface area contributed by atoms with E-state index in [-0.39, 0.29) is 23.4 Å². The average Bonchev–Trinajstić information content (AvgIpc) is 3.06. The second-order valence-electron chi connectivity index (χ2n) is 8.49. The van der Waals surface area contributed by atoms with Gasteiger partial charge in [-0.2, -0.15) is 5.10 Å². The second kappa shape index (κ2) is 6.18. The largest absolute Gasteiger partial charge is 0.342 e. The highest BCUT2D eigenvalue weighted by atomic mass is 16.2. The Balaban J connectivity index is 1.29. The summed E-state index contributed by atoms with van der Waals surface area (Å²) in [5, 5.41) is 7.51. The maximum atomic E-state index is 12.8. The van der Waals surface area contributed by atoms with Crippen LogP contribution in [0.4, 0.5) is 0 Å². The number of rotatable bonds is 5. The summed E-state index contributed by atoms with van der Waals surface area (Å²) in [4.78, 5) is 31.7. The van der Waals surface area contributed by atoms with E-state index in [1.165, 1.54) is 12.8 Å². The van der Waals surface area contributed by atoms with Gasteiger partial charge in [-0.3, -0.25) is 14.3 Å². The Kier molecular flexibility index (Phi) is 3.86. The van der Waals surface area contributed by atoms with Crippen molar-refractivity contribution in [2.75, 3.05) is 13.1 Å². The van der Waals surface area contributed by atoms with E-state index in [1.54, 1.807) is 17.1 Å². The minimum absolute atomic E-state index is 0.116. The molecule has 0 radical (unpaired) electrons. The number of fused-ring (bicyclic) bond motifs is 2. The molecule has 148 valence electrons. The van der Waals surface area contributed by atoms with Crippen molar-refractivity contribution in [2.45, 2.75) is 57.7 Å². The molecule has 1 saturated carbocycles. The highest BCUT2D eigenvalue weighted by Gasteiger charge is 2.54. The van der Waals surface area contributed by atoms with Crippen molar-refractivity contribution in [3.8, 4) is 0 Å². The van der Waals surface area contributed by atoms with Crippen molar-refractivity contribution in [1.29, 1.82) is 0 Å². The van der Waals surface area contributed by atoms with Crippen LogP contribution in [0.1, 0.15) is 60.5 Å². The van der Waals surface area contributed by atoms with Crippen molar-refractivity contribution in [3.05, 3.63) is 35.7 Å².